The van der Waals surface area contributed by atoms with E-state index in [-0.39, 0.29) is 36.4 Å². The normalized spacial score (nSPS) is 19.4. The van der Waals surface area contributed by atoms with Gasteiger partial charge in [0.05, 0.1) is 0 Å². The Morgan fingerprint density at radius 1 is 1.71 bits per heavy atom. The fraction of sp³-hybridized carbons (Fsp3) is 0.400. The first kappa shape index (κ1) is 11.1. The van der Waals surface area contributed by atoms with E-state index in [1.807, 2.05) is 0 Å². The first-order chi connectivity index (χ1) is 8.10. The van der Waals surface area contributed by atoms with Gasteiger partial charge in [0.1, 0.15) is 12.2 Å². The monoisotopic (exact) mass is 234 g/mol. The number of aromatic nitrogens is 3. The van der Waals surface area contributed by atoms with Crippen molar-refractivity contribution in [3.63, 3.8) is 0 Å². The lowest BCUT2D eigenvalue weighted by Gasteiger charge is -2.09. The van der Waals surface area contributed by atoms with Crippen molar-refractivity contribution in [3.8, 4) is 12.3 Å². The second-order valence-corrected chi connectivity index (χ2v) is 3.72. The summed E-state index contributed by atoms with van der Waals surface area (Å²) in [5.74, 6) is 1.62. The zero-order valence-corrected chi connectivity index (χ0v) is 8.88. The largest absolute Gasteiger partial charge is 0.481 e. The number of hydrogen-bond donors (Lipinski definition) is 2. The van der Waals surface area contributed by atoms with Gasteiger partial charge in [0, 0.05) is 18.9 Å². The molecule has 7 nitrogen and oxygen atoms in total. The van der Waals surface area contributed by atoms with Gasteiger partial charge in [0.25, 0.3) is 5.95 Å². The molecule has 2 N–H and O–H groups in total. The molecule has 0 radical (unpaired) electrons. The summed E-state index contributed by atoms with van der Waals surface area (Å²) in [6.07, 6.45) is 5.27. The minimum atomic E-state index is -1.01. The minimum Gasteiger partial charge on any atom is -0.481 e. The van der Waals surface area contributed by atoms with Crippen LogP contribution in [0.4, 0.5) is 5.95 Å². The summed E-state index contributed by atoms with van der Waals surface area (Å²) in [6.45, 7) is 0.375. The molecule has 2 heterocycles. The summed E-state index contributed by atoms with van der Waals surface area (Å²) in [6, 6.07) is 0. The predicted molar refractivity (Wildman–Crippen MR) is 57.0 cm³/mol. The summed E-state index contributed by atoms with van der Waals surface area (Å²) >= 11 is 0. The molecule has 0 aliphatic carbocycles. The maximum absolute atomic E-state index is 11.6. The van der Waals surface area contributed by atoms with Crippen LogP contribution in [0.2, 0.25) is 0 Å². The van der Waals surface area contributed by atoms with Crippen molar-refractivity contribution in [3.05, 3.63) is 5.82 Å². The number of carboxylic acids is 1. The first-order valence-corrected chi connectivity index (χ1v) is 4.99. The molecule has 0 spiro atoms. The summed E-state index contributed by atoms with van der Waals surface area (Å²) < 4.78 is 0. The van der Waals surface area contributed by atoms with Gasteiger partial charge in [0.2, 0.25) is 5.91 Å². The molecule has 1 amide bonds. The van der Waals surface area contributed by atoms with E-state index in [2.05, 4.69) is 21.1 Å². The molecule has 1 saturated heterocycles. The molecule has 1 aromatic rings. The van der Waals surface area contributed by atoms with Crippen molar-refractivity contribution in [2.45, 2.75) is 12.8 Å². The Bertz CT molecular complexity index is 502. The topological polar surface area (TPSA) is 99.2 Å². The van der Waals surface area contributed by atoms with Crippen LogP contribution >= 0.6 is 0 Å². The lowest BCUT2D eigenvalue weighted by molar-refractivity contribution is -0.136. The van der Waals surface area contributed by atoms with Crippen molar-refractivity contribution in [2.75, 3.05) is 11.4 Å². The molecule has 88 valence electrons. The fourth-order valence-electron chi connectivity index (χ4n) is 1.64. The Kier molecular flexibility index (Phi) is 2.78. The van der Waals surface area contributed by atoms with E-state index < -0.39 is 5.97 Å². The maximum Gasteiger partial charge on any atom is 0.311 e. The number of aromatic amines is 1. The van der Waals surface area contributed by atoms with E-state index in [0.717, 1.165) is 0 Å². The first-order valence-electron chi connectivity index (χ1n) is 4.99. The Hall–Kier alpha value is -2.36. The molecule has 7 heteroatoms. The van der Waals surface area contributed by atoms with Gasteiger partial charge in [0.15, 0.2) is 0 Å². The predicted octanol–water partition coefficient (Wildman–Crippen LogP) is -0.582. The number of anilines is 1. The van der Waals surface area contributed by atoms with Crippen LogP contribution in [-0.2, 0) is 16.0 Å². The SMILES string of the molecule is C#CC1CC(=O)N(c2n[nH]c(CC(=O)O)n2)C1. The quantitative estimate of drug-likeness (QED) is 0.681. The number of amides is 1. The maximum atomic E-state index is 11.6. The number of nitrogens with zero attached hydrogens (tertiary/aromatic N) is 3. The van der Waals surface area contributed by atoms with Crippen LogP contribution in [0.3, 0.4) is 0 Å². The summed E-state index contributed by atoms with van der Waals surface area (Å²) in [7, 11) is 0. The van der Waals surface area contributed by atoms with Crippen LogP contribution in [-0.4, -0.2) is 38.7 Å². The molecule has 1 aliphatic rings. The van der Waals surface area contributed by atoms with Crippen LogP contribution in [0.15, 0.2) is 0 Å². The number of terminal acetylenes is 1. The standard InChI is InChI=1S/C10H10N4O3/c1-2-6-3-8(15)14(5-6)10-11-7(12-13-10)4-9(16)17/h1,6H,3-5H2,(H,16,17)(H,11,12,13). The molecule has 1 unspecified atom stereocenters. The van der Waals surface area contributed by atoms with Crippen molar-refractivity contribution in [1.29, 1.82) is 0 Å². The van der Waals surface area contributed by atoms with Crippen LogP contribution in [0.1, 0.15) is 12.2 Å². The minimum absolute atomic E-state index is 0.135. The van der Waals surface area contributed by atoms with Gasteiger partial charge >= 0.3 is 5.97 Å². The van der Waals surface area contributed by atoms with E-state index >= 15 is 0 Å². The van der Waals surface area contributed by atoms with E-state index in [1.165, 1.54) is 4.90 Å². The van der Waals surface area contributed by atoms with Crippen molar-refractivity contribution in [1.82, 2.24) is 15.2 Å². The molecule has 0 bridgehead atoms. The number of nitrogens with one attached hydrogen (secondary N) is 1. The molecule has 0 saturated carbocycles. The third-order valence-corrected chi connectivity index (χ3v) is 2.44. The van der Waals surface area contributed by atoms with Gasteiger partial charge in [-0.25, -0.2) is 0 Å². The number of carbonyl (C=O) groups is 2. The van der Waals surface area contributed by atoms with Crippen molar-refractivity contribution < 1.29 is 14.7 Å². The fourth-order valence-corrected chi connectivity index (χ4v) is 1.64. The molecular weight excluding hydrogens is 224 g/mol. The van der Waals surface area contributed by atoms with Crippen LogP contribution in [0.5, 0.6) is 0 Å². The highest BCUT2D eigenvalue weighted by molar-refractivity contribution is 5.94. The van der Waals surface area contributed by atoms with E-state index in [1.54, 1.807) is 0 Å². The van der Waals surface area contributed by atoms with Gasteiger partial charge in [-0.05, 0) is 0 Å². The summed E-state index contributed by atoms with van der Waals surface area (Å²) in [5.41, 5.74) is 0. The number of H-pyrrole nitrogens is 1. The Morgan fingerprint density at radius 2 is 2.47 bits per heavy atom. The Labute approximate surface area is 96.8 Å². The number of aliphatic carboxylic acids is 1. The lowest BCUT2D eigenvalue weighted by atomic mass is 10.1. The summed E-state index contributed by atoms with van der Waals surface area (Å²) in [5, 5.41) is 14.9. The molecule has 2 rings (SSSR count). The Morgan fingerprint density at radius 3 is 3.06 bits per heavy atom. The second-order valence-electron chi connectivity index (χ2n) is 3.72. The zero-order chi connectivity index (χ0) is 12.4. The molecule has 0 aromatic carbocycles. The van der Waals surface area contributed by atoms with Gasteiger partial charge in [-0.1, -0.05) is 0 Å². The van der Waals surface area contributed by atoms with E-state index in [0.29, 0.717) is 6.54 Å². The van der Waals surface area contributed by atoms with Gasteiger partial charge in [-0.3, -0.25) is 19.6 Å². The number of hydrogen-bond acceptors (Lipinski definition) is 4. The average Bonchev–Trinajstić information content (AvgIpc) is 2.83. The molecule has 1 atom stereocenters. The highest BCUT2D eigenvalue weighted by Gasteiger charge is 2.31. The number of rotatable bonds is 3. The molecule has 17 heavy (non-hydrogen) atoms. The van der Waals surface area contributed by atoms with E-state index in [4.69, 9.17) is 11.5 Å². The molecule has 1 fully saturated rings. The van der Waals surface area contributed by atoms with Crippen molar-refractivity contribution in [2.24, 2.45) is 5.92 Å². The average molecular weight is 234 g/mol. The summed E-state index contributed by atoms with van der Waals surface area (Å²) in [4.78, 5) is 27.4. The molecule has 1 aromatic heterocycles. The second kappa shape index (κ2) is 4.25. The van der Waals surface area contributed by atoms with Crippen LogP contribution in [0, 0.1) is 18.3 Å². The Balaban J connectivity index is 2.13. The third-order valence-electron chi connectivity index (χ3n) is 2.44. The van der Waals surface area contributed by atoms with Gasteiger partial charge in [-0.2, -0.15) is 4.98 Å². The highest BCUT2D eigenvalue weighted by atomic mass is 16.4. The number of carboxylic acid groups (broad SMARTS) is 1. The number of carbonyl (C=O) groups excluding carboxylic acids is 1. The third kappa shape index (κ3) is 2.25. The van der Waals surface area contributed by atoms with Crippen molar-refractivity contribution >= 4 is 17.8 Å². The van der Waals surface area contributed by atoms with Gasteiger partial charge in [-0.15, -0.1) is 17.4 Å². The highest BCUT2D eigenvalue weighted by Crippen LogP contribution is 2.21. The van der Waals surface area contributed by atoms with Crippen LogP contribution < -0.4 is 4.90 Å². The zero-order valence-electron chi connectivity index (χ0n) is 8.88. The smallest absolute Gasteiger partial charge is 0.311 e. The molecule has 1 aliphatic heterocycles. The van der Waals surface area contributed by atoms with Crippen LogP contribution in [0.25, 0.3) is 0 Å². The van der Waals surface area contributed by atoms with Gasteiger partial charge < -0.3 is 5.11 Å². The lowest BCUT2D eigenvalue weighted by Crippen LogP contribution is -2.25. The van der Waals surface area contributed by atoms with E-state index in [9.17, 15) is 9.59 Å². The molecular formula is C10H10N4O3.